The van der Waals surface area contributed by atoms with Crippen molar-refractivity contribution in [2.45, 2.75) is 92.2 Å². The second kappa shape index (κ2) is 18.8. The molecule has 0 spiro atoms. The number of fused-ring (bicyclic) bond motifs is 1. The van der Waals surface area contributed by atoms with Gasteiger partial charge in [0.15, 0.2) is 0 Å². The molecule has 1 N–H and O–H groups in total. The first kappa shape index (κ1) is 31.4. The molecule has 3 rings (SSSR count). The molecular formula is C31H48N2O. The zero-order valence-electron chi connectivity index (χ0n) is 22.8. The summed E-state index contributed by atoms with van der Waals surface area (Å²) in [5.41, 5.74) is 4.40. The Labute approximate surface area is 210 Å². The van der Waals surface area contributed by atoms with Crippen LogP contribution in [0.3, 0.4) is 0 Å². The molecule has 1 aliphatic carbocycles. The van der Waals surface area contributed by atoms with Crippen molar-refractivity contribution in [3.8, 4) is 11.8 Å². The molecule has 0 saturated carbocycles. The zero-order valence-corrected chi connectivity index (χ0v) is 22.8. The highest BCUT2D eigenvalue weighted by Gasteiger charge is 2.28. The lowest BCUT2D eigenvalue weighted by Crippen LogP contribution is -2.23. The molecule has 2 aromatic rings. The Bertz CT molecular complexity index is 836. The smallest absolute Gasteiger partial charge is 0.127 e. The van der Waals surface area contributed by atoms with Gasteiger partial charge in [-0.05, 0) is 80.5 Å². The number of hydrogen-bond donors (Lipinski definition) is 1. The molecular weight excluding hydrogens is 416 g/mol. The lowest BCUT2D eigenvalue weighted by molar-refractivity contribution is 0.128. The van der Waals surface area contributed by atoms with Gasteiger partial charge in [0.1, 0.15) is 11.9 Å². The van der Waals surface area contributed by atoms with E-state index in [1.54, 1.807) is 0 Å². The molecule has 3 heteroatoms. The van der Waals surface area contributed by atoms with Crippen molar-refractivity contribution < 1.29 is 4.74 Å². The first-order valence-electron chi connectivity index (χ1n) is 13.0. The molecule has 188 valence electrons. The average Bonchev–Trinajstić information content (AvgIpc) is 2.90. The van der Waals surface area contributed by atoms with E-state index >= 15 is 0 Å². The van der Waals surface area contributed by atoms with Gasteiger partial charge in [0.25, 0.3) is 0 Å². The molecule has 34 heavy (non-hydrogen) atoms. The van der Waals surface area contributed by atoms with Crippen LogP contribution in [0.25, 0.3) is 0 Å². The van der Waals surface area contributed by atoms with E-state index in [9.17, 15) is 0 Å². The highest BCUT2D eigenvalue weighted by Crippen LogP contribution is 2.38. The fourth-order valence-corrected chi connectivity index (χ4v) is 4.05. The molecule has 1 unspecified atom stereocenters. The fraction of sp³-hybridized carbons (Fsp3) is 0.516. The van der Waals surface area contributed by atoms with E-state index in [0.29, 0.717) is 11.5 Å². The molecule has 0 radical (unpaired) electrons. The molecule has 0 saturated heterocycles. The van der Waals surface area contributed by atoms with Gasteiger partial charge in [0.2, 0.25) is 0 Å². The zero-order chi connectivity index (χ0) is 25.9. The standard InChI is InChI=1S/C19H19NO.C8H19N.C2H6.C2H4/c1-13-7-9-16-5-3-4-6-17(16)19(13)21-18-10-8-15(12-20)11-14(18)2;1-4-6-7-8(5-2)9-3;2*1-2/h3-6,8,10-11,13,19H,7,9H2,1-2H3;8-9H,4-7H2,1-3H3;1-2H3;1-2H2/t13?,19-;8-;;/m11../s1. The van der Waals surface area contributed by atoms with Gasteiger partial charge in [0, 0.05) is 6.04 Å². The third-order valence-electron chi connectivity index (χ3n) is 6.11. The van der Waals surface area contributed by atoms with Crippen LogP contribution < -0.4 is 10.1 Å². The van der Waals surface area contributed by atoms with Gasteiger partial charge in [-0.2, -0.15) is 5.26 Å². The summed E-state index contributed by atoms with van der Waals surface area (Å²) in [5.74, 6) is 1.37. The Balaban J connectivity index is 0.000000710. The van der Waals surface area contributed by atoms with E-state index in [4.69, 9.17) is 10.00 Å². The van der Waals surface area contributed by atoms with Gasteiger partial charge in [-0.25, -0.2) is 0 Å². The highest BCUT2D eigenvalue weighted by molar-refractivity contribution is 5.42. The van der Waals surface area contributed by atoms with Crippen LogP contribution in [0.4, 0.5) is 0 Å². The fourth-order valence-electron chi connectivity index (χ4n) is 4.05. The first-order chi connectivity index (χ1) is 16.5. The van der Waals surface area contributed by atoms with Crippen LogP contribution in [0.1, 0.15) is 95.1 Å². The SMILES string of the molecule is C=C.CC.CCCC[C@@H](CC)NC.Cc1cc(C#N)ccc1O[C@H]1c2ccccc2CCC1C. The largest absolute Gasteiger partial charge is 0.485 e. The monoisotopic (exact) mass is 464 g/mol. The number of nitrogens with one attached hydrogen (secondary N) is 1. The maximum Gasteiger partial charge on any atom is 0.127 e. The Kier molecular flexibility index (Phi) is 17.4. The second-order valence-corrected chi connectivity index (χ2v) is 8.38. The topological polar surface area (TPSA) is 45.0 Å². The summed E-state index contributed by atoms with van der Waals surface area (Å²) in [5, 5.41) is 12.2. The molecule has 3 nitrogen and oxygen atoms in total. The summed E-state index contributed by atoms with van der Waals surface area (Å²) in [6, 6.07) is 17.1. The number of aryl methyl sites for hydroxylation is 2. The van der Waals surface area contributed by atoms with Crippen LogP contribution in [-0.4, -0.2) is 13.1 Å². The number of nitriles is 1. The van der Waals surface area contributed by atoms with Crippen molar-refractivity contribution >= 4 is 0 Å². The van der Waals surface area contributed by atoms with E-state index < -0.39 is 0 Å². The molecule has 0 aliphatic heterocycles. The molecule has 0 heterocycles. The lowest BCUT2D eigenvalue weighted by Gasteiger charge is -2.32. The number of ether oxygens (including phenoxy) is 1. The van der Waals surface area contributed by atoms with Crippen LogP contribution in [0.5, 0.6) is 5.75 Å². The molecule has 0 amide bonds. The minimum atomic E-state index is 0.0987. The number of benzene rings is 2. The Morgan fingerprint density at radius 3 is 2.38 bits per heavy atom. The van der Waals surface area contributed by atoms with Gasteiger partial charge >= 0.3 is 0 Å². The minimum Gasteiger partial charge on any atom is -0.485 e. The predicted octanol–water partition coefficient (Wildman–Crippen LogP) is 8.57. The Hall–Kier alpha value is -2.57. The first-order valence-corrected chi connectivity index (χ1v) is 13.0. The minimum absolute atomic E-state index is 0.0987. The summed E-state index contributed by atoms with van der Waals surface area (Å²) >= 11 is 0. The van der Waals surface area contributed by atoms with Gasteiger partial charge < -0.3 is 10.1 Å². The summed E-state index contributed by atoms with van der Waals surface area (Å²) in [4.78, 5) is 0. The van der Waals surface area contributed by atoms with Gasteiger partial charge in [0.05, 0.1) is 11.6 Å². The van der Waals surface area contributed by atoms with E-state index in [-0.39, 0.29) is 6.10 Å². The van der Waals surface area contributed by atoms with E-state index in [2.05, 4.69) is 69.6 Å². The van der Waals surface area contributed by atoms with Crippen molar-refractivity contribution in [3.63, 3.8) is 0 Å². The molecule has 2 aromatic carbocycles. The summed E-state index contributed by atoms with van der Waals surface area (Å²) in [7, 11) is 2.05. The van der Waals surface area contributed by atoms with E-state index in [1.807, 2.05) is 46.0 Å². The van der Waals surface area contributed by atoms with E-state index in [0.717, 1.165) is 30.2 Å². The van der Waals surface area contributed by atoms with Crippen molar-refractivity contribution in [3.05, 3.63) is 77.9 Å². The van der Waals surface area contributed by atoms with Gasteiger partial charge in [-0.1, -0.05) is 71.7 Å². The van der Waals surface area contributed by atoms with Crippen molar-refractivity contribution in [1.82, 2.24) is 5.32 Å². The number of nitrogens with zero attached hydrogens (tertiary/aromatic N) is 1. The third-order valence-corrected chi connectivity index (χ3v) is 6.11. The molecule has 3 atom stereocenters. The van der Waals surface area contributed by atoms with Crippen LogP contribution in [0, 0.1) is 24.2 Å². The second-order valence-electron chi connectivity index (χ2n) is 8.38. The van der Waals surface area contributed by atoms with Crippen molar-refractivity contribution in [2.24, 2.45) is 5.92 Å². The van der Waals surface area contributed by atoms with Crippen LogP contribution in [0.15, 0.2) is 55.6 Å². The molecule has 0 bridgehead atoms. The van der Waals surface area contributed by atoms with Crippen molar-refractivity contribution in [1.29, 1.82) is 5.26 Å². The lowest BCUT2D eigenvalue weighted by atomic mass is 9.82. The maximum absolute atomic E-state index is 8.96. The summed E-state index contributed by atoms with van der Waals surface area (Å²) in [6.07, 6.45) is 7.65. The van der Waals surface area contributed by atoms with Crippen LogP contribution in [0.2, 0.25) is 0 Å². The summed E-state index contributed by atoms with van der Waals surface area (Å²) < 4.78 is 6.31. The Morgan fingerprint density at radius 1 is 1.15 bits per heavy atom. The molecule has 0 fully saturated rings. The quantitative estimate of drug-likeness (QED) is 0.417. The Morgan fingerprint density at radius 2 is 1.82 bits per heavy atom. The number of unbranched alkanes of at least 4 members (excludes halogenated alkanes) is 1. The third kappa shape index (κ3) is 10.1. The van der Waals surface area contributed by atoms with Crippen LogP contribution >= 0.6 is 0 Å². The number of hydrogen-bond acceptors (Lipinski definition) is 3. The average molecular weight is 465 g/mol. The van der Waals surface area contributed by atoms with Gasteiger partial charge in [-0.15, -0.1) is 13.2 Å². The number of rotatable bonds is 7. The predicted molar refractivity (Wildman–Crippen MR) is 148 cm³/mol. The van der Waals surface area contributed by atoms with Gasteiger partial charge in [-0.3, -0.25) is 0 Å². The molecule has 0 aromatic heterocycles. The summed E-state index contributed by atoms with van der Waals surface area (Å²) in [6.45, 7) is 18.7. The maximum atomic E-state index is 8.96. The molecule has 1 aliphatic rings. The van der Waals surface area contributed by atoms with Crippen molar-refractivity contribution in [2.75, 3.05) is 7.05 Å². The van der Waals surface area contributed by atoms with Crippen LogP contribution in [-0.2, 0) is 6.42 Å². The highest BCUT2D eigenvalue weighted by atomic mass is 16.5. The van der Waals surface area contributed by atoms with E-state index in [1.165, 1.54) is 36.8 Å². The normalized spacial score (nSPS) is 16.5.